The average molecular weight is 375 g/mol. The van der Waals surface area contributed by atoms with E-state index in [0.29, 0.717) is 6.54 Å². The second kappa shape index (κ2) is 9.13. The monoisotopic (exact) mass is 375 g/mol. The van der Waals surface area contributed by atoms with Gasteiger partial charge in [-0.3, -0.25) is 9.59 Å². The third-order valence-corrected chi connectivity index (χ3v) is 4.64. The Kier molecular flexibility index (Phi) is 6.37. The van der Waals surface area contributed by atoms with E-state index in [0.717, 1.165) is 29.5 Å². The highest BCUT2D eigenvalue weighted by atomic mass is 16.2. The number of nitrogens with zero attached hydrogens (tertiary/aromatic N) is 2. The number of aryl methyl sites for hydroxylation is 2. The lowest BCUT2D eigenvalue weighted by Gasteiger charge is -2.20. The molecule has 5 heteroatoms. The van der Waals surface area contributed by atoms with Crippen LogP contribution in [-0.4, -0.2) is 15.7 Å². The number of nitrogens with one attached hydrogen (secondary N) is 1. The normalized spacial score (nSPS) is 11.8. The van der Waals surface area contributed by atoms with E-state index in [-0.39, 0.29) is 23.2 Å². The number of aromatic nitrogens is 2. The topological polar surface area (TPSA) is 64.0 Å². The molecule has 1 aromatic heterocycles. The summed E-state index contributed by atoms with van der Waals surface area (Å²) in [5.41, 5.74) is 3.18. The molecule has 1 atom stereocenters. The lowest BCUT2D eigenvalue weighted by molar-refractivity contribution is 0.0935. The van der Waals surface area contributed by atoms with Crippen molar-refractivity contribution in [2.75, 3.05) is 0 Å². The van der Waals surface area contributed by atoms with Crippen molar-refractivity contribution in [2.45, 2.75) is 39.3 Å². The number of hydrogen-bond acceptors (Lipinski definition) is 3. The van der Waals surface area contributed by atoms with Crippen LogP contribution < -0.4 is 10.9 Å². The molecule has 0 fully saturated rings. The molecule has 0 aliphatic carbocycles. The molecule has 3 rings (SSSR count). The summed E-state index contributed by atoms with van der Waals surface area (Å²) < 4.78 is 1.36. The van der Waals surface area contributed by atoms with Gasteiger partial charge in [0.15, 0.2) is 0 Å². The minimum atomic E-state index is -0.306. The van der Waals surface area contributed by atoms with Crippen LogP contribution in [0, 0.1) is 6.92 Å². The van der Waals surface area contributed by atoms with Gasteiger partial charge in [-0.05, 0) is 30.5 Å². The minimum absolute atomic E-state index is 0.192. The van der Waals surface area contributed by atoms with Crippen molar-refractivity contribution in [1.29, 1.82) is 0 Å². The molecule has 1 heterocycles. The quantitative estimate of drug-likeness (QED) is 0.682. The fourth-order valence-electron chi connectivity index (χ4n) is 3.01. The van der Waals surface area contributed by atoms with Crippen LogP contribution in [0.3, 0.4) is 0 Å². The second-order valence-electron chi connectivity index (χ2n) is 6.86. The molecule has 5 nitrogen and oxygen atoms in total. The average Bonchev–Trinajstić information content (AvgIpc) is 2.72. The van der Waals surface area contributed by atoms with Crippen LogP contribution in [0.2, 0.25) is 0 Å². The van der Waals surface area contributed by atoms with E-state index in [1.165, 1.54) is 16.8 Å². The summed E-state index contributed by atoms with van der Waals surface area (Å²) in [6.45, 7) is 4.59. The Hall–Kier alpha value is -3.21. The van der Waals surface area contributed by atoms with Gasteiger partial charge in [0.25, 0.3) is 11.5 Å². The summed E-state index contributed by atoms with van der Waals surface area (Å²) in [6.07, 6.45) is 1.79. The zero-order valence-corrected chi connectivity index (χ0v) is 16.3. The van der Waals surface area contributed by atoms with Gasteiger partial charge in [-0.2, -0.15) is 5.10 Å². The molecule has 0 radical (unpaired) electrons. The predicted octanol–water partition coefficient (Wildman–Crippen LogP) is 3.87. The minimum Gasteiger partial charge on any atom is -0.340 e. The Balaban J connectivity index is 1.89. The van der Waals surface area contributed by atoms with E-state index in [2.05, 4.69) is 10.4 Å². The van der Waals surface area contributed by atoms with Crippen molar-refractivity contribution < 1.29 is 4.79 Å². The smallest absolute Gasteiger partial charge is 0.272 e. The Morgan fingerprint density at radius 1 is 1.00 bits per heavy atom. The lowest BCUT2D eigenvalue weighted by Crippen LogP contribution is -2.32. The van der Waals surface area contributed by atoms with Gasteiger partial charge in [-0.15, -0.1) is 0 Å². The maximum Gasteiger partial charge on any atom is 0.272 e. The van der Waals surface area contributed by atoms with Crippen LogP contribution in [0.5, 0.6) is 0 Å². The van der Waals surface area contributed by atoms with Crippen molar-refractivity contribution in [3.63, 3.8) is 0 Å². The molecule has 2 aromatic carbocycles. The number of hydrogen-bond donors (Lipinski definition) is 1. The number of benzene rings is 2. The SMILES string of the molecule is CCCCn1nc(C(=O)NC(c2ccccc2)c2ccc(C)cc2)ccc1=O. The molecule has 0 bridgehead atoms. The zero-order chi connectivity index (χ0) is 19.9. The summed E-state index contributed by atoms with van der Waals surface area (Å²) >= 11 is 0. The molecule has 1 N–H and O–H groups in total. The van der Waals surface area contributed by atoms with Crippen LogP contribution in [0.25, 0.3) is 0 Å². The molecule has 0 saturated carbocycles. The first-order valence-electron chi connectivity index (χ1n) is 9.59. The van der Waals surface area contributed by atoms with Gasteiger partial charge in [-0.25, -0.2) is 4.68 Å². The van der Waals surface area contributed by atoms with E-state index < -0.39 is 0 Å². The van der Waals surface area contributed by atoms with Crippen LogP contribution in [0.15, 0.2) is 71.5 Å². The van der Waals surface area contributed by atoms with E-state index in [4.69, 9.17) is 0 Å². The van der Waals surface area contributed by atoms with Crippen molar-refractivity contribution in [3.8, 4) is 0 Å². The fraction of sp³-hybridized carbons (Fsp3) is 0.261. The molecule has 3 aromatic rings. The number of carbonyl (C=O) groups excluding carboxylic acids is 1. The zero-order valence-electron chi connectivity index (χ0n) is 16.3. The lowest BCUT2D eigenvalue weighted by atomic mass is 9.97. The molecular weight excluding hydrogens is 350 g/mol. The van der Waals surface area contributed by atoms with Crippen molar-refractivity contribution in [2.24, 2.45) is 0 Å². The molecule has 0 aliphatic heterocycles. The maximum absolute atomic E-state index is 12.9. The summed E-state index contributed by atoms with van der Waals surface area (Å²) in [4.78, 5) is 24.9. The van der Waals surface area contributed by atoms with Crippen LogP contribution in [-0.2, 0) is 6.54 Å². The van der Waals surface area contributed by atoms with Crippen molar-refractivity contribution in [1.82, 2.24) is 15.1 Å². The van der Waals surface area contributed by atoms with Gasteiger partial charge in [-0.1, -0.05) is 73.5 Å². The third kappa shape index (κ3) is 4.74. The summed E-state index contributed by atoms with van der Waals surface area (Å²) in [5, 5.41) is 7.33. The number of unbranched alkanes of at least 4 members (excludes halogenated alkanes) is 1. The van der Waals surface area contributed by atoms with E-state index >= 15 is 0 Å². The van der Waals surface area contributed by atoms with Crippen molar-refractivity contribution in [3.05, 3.63) is 99.5 Å². The van der Waals surface area contributed by atoms with E-state index in [9.17, 15) is 9.59 Å². The first kappa shape index (κ1) is 19.5. The molecule has 144 valence electrons. The van der Waals surface area contributed by atoms with Crippen LogP contribution in [0.4, 0.5) is 0 Å². The Morgan fingerprint density at radius 2 is 1.68 bits per heavy atom. The maximum atomic E-state index is 12.9. The third-order valence-electron chi connectivity index (χ3n) is 4.64. The molecule has 0 spiro atoms. The standard InChI is InChI=1S/C23H25N3O2/c1-3-4-16-26-21(27)15-14-20(25-26)23(28)24-22(18-8-6-5-7-9-18)19-12-10-17(2)11-13-19/h5-15,22H,3-4,16H2,1-2H3,(H,24,28). The molecular formula is C23H25N3O2. The molecule has 1 unspecified atom stereocenters. The van der Waals surface area contributed by atoms with E-state index in [1.54, 1.807) is 0 Å². The van der Waals surface area contributed by atoms with Gasteiger partial charge in [0.2, 0.25) is 0 Å². The highest BCUT2D eigenvalue weighted by Gasteiger charge is 2.19. The van der Waals surface area contributed by atoms with Gasteiger partial charge < -0.3 is 5.32 Å². The number of amides is 1. The van der Waals surface area contributed by atoms with Crippen LogP contribution >= 0.6 is 0 Å². The van der Waals surface area contributed by atoms with Gasteiger partial charge in [0, 0.05) is 12.6 Å². The Bertz CT molecular complexity index is 979. The summed E-state index contributed by atoms with van der Waals surface area (Å²) in [7, 11) is 0. The molecule has 28 heavy (non-hydrogen) atoms. The number of carbonyl (C=O) groups is 1. The summed E-state index contributed by atoms with van der Waals surface area (Å²) in [6, 6.07) is 20.5. The van der Waals surface area contributed by atoms with Crippen LogP contribution in [0.1, 0.15) is 53.0 Å². The second-order valence-corrected chi connectivity index (χ2v) is 6.86. The molecule has 1 amide bonds. The number of rotatable bonds is 7. The first-order chi connectivity index (χ1) is 13.6. The molecule has 0 aliphatic rings. The largest absolute Gasteiger partial charge is 0.340 e. The first-order valence-corrected chi connectivity index (χ1v) is 9.59. The van der Waals surface area contributed by atoms with Crippen molar-refractivity contribution >= 4 is 5.91 Å². The van der Waals surface area contributed by atoms with E-state index in [1.807, 2.05) is 68.4 Å². The van der Waals surface area contributed by atoms with Gasteiger partial charge in [0.05, 0.1) is 6.04 Å². The van der Waals surface area contributed by atoms with Gasteiger partial charge in [0.1, 0.15) is 5.69 Å². The highest BCUT2D eigenvalue weighted by molar-refractivity contribution is 5.92. The Morgan fingerprint density at radius 3 is 2.36 bits per heavy atom. The highest BCUT2D eigenvalue weighted by Crippen LogP contribution is 2.22. The predicted molar refractivity (Wildman–Crippen MR) is 110 cm³/mol. The van der Waals surface area contributed by atoms with Gasteiger partial charge >= 0.3 is 0 Å². The Labute approximate surface area is 165 Å². The summed E-state index contributed by atoms with van der Waals surface area (Å²) in [5.74, 6) is -0.306. The fourth-order valence-corrected chi connectivity index (χ4v) is 3.01. The molecule has 0 saturated heterocycles.